The van der Waals surface area contributed by atoms with E-state index in [-0.39, 0.29) is 46.7 Å². The Balaban J connectivity index is 1.55. The quantitative estimate of drug-likeness (QED) is 0.320. The lowest BCUT2D eigenvalue weighted by Crippen LogP contribution is -2.47. The van der Waals surface area contributed by atoms with Crippen molar-refractivity contribution in [1.29, 1.82) is 0 Å². The Morgan fingerprint density at radius 1 is 1.08 bits per heavy atom. The summed E-state index contributed by atoms with van der Waals surface area (Å²) < 4.78 is 32.9. The van der Waals surface area contributed by atoms with Crippen molar-refractivity contribution in [3.63, 3.8) is 0 Å². The van der Waals surface area contributed by atoms with Crippen molar-refractivity contribution in [3.8, 4) is 6.01 Å². The van der Waals surface area contributed by atoms with Gasteiger partial charge in [0.2, 0.25) is 0 Å². The first kappa shape index (κ1) is 29.9. The van der Waals surface area contributed by atoms with Crippen molar-refractivity contribution in [1.82, 2.24) is 14.5 Å². The number of hydrogen-bond donors (Lipinski definition) is 2. The van der Waals surface area contributed by atoms with Crippen LogP contribution >= 0.6 is 11.6 Å². The van der Waals surface area contributed by atoms with Crippen LogP contribution in [0.4, 0.5) is 0 Å². The van der Waals surface area contributed by atoms with Crippen molar-refractivity contribution < 1.29 is 33.4 Å². The van der Waals surface area contributed by atoms with Gasteiger partial charge in [-0.15, -0.1) is 0 Å². The molecular weight excluding hydrogens is 545 g/mol. The standard InChI is InChI=1S/C24H41BClN3O7Si2/c1-24(2,3)38(7,8)36-18-13-34-19-17(12-33-20(18)19)35-23-27-16-11-15(26)21(25(30)31)28-22(16)29(23)14-32-9-10-37(4,5)6/h11,17-20,30-31H,9-10,12-14H2,1-8H3/t17-,18-,19-,20-/m1/s1. The molecule has 0 amide bonds. The Morgan fingerprint density at radius 2 is 1.71 bits per heavy atom. The third-order valence-electron chi connectivity index (χ3n) is 7.60. The van der Waals surface area contributed by atoms with Crippen molar-refractivity contribution in [3.05, 3.63) is 11.1 Å². The van der Waals surface area contributed by atoms with E-state index in [1.54, 1.807) is 10.6 Å². The van der Waals surface area contributed by atoms with Crippen LogP contribution < -0.4 is 10.3 Å². The number of halogens is 1. The SMILES string of the molecule is CC(C)(C)[Si](C)(C)O[C@@H]1CO[C@H]2[C@@H]1OC[C@H]2Oc1nc2cc(Cl)c(B(O)O)nc2n1COCC[Si](C)(C)C. The third-order valence-corrected chi connectivity index (χ3v) is 14.1. The van der Waals surface area contributed by atoms with Crippen LogP contribution in [0.3, 0.4) is 0 Å². The Morgan fingerprint density at radius 3 is 2.32 bits per heavy atom. The molecule has 2 N–H and O–H groups in total. The summed E-state index contributed by atoms with van der Waals surface area (Å²) in [6.07, 6.45) is -1.06. The molecule has 4 rings (SSSR count). The van der Waals surface area contributed by atoms with Crippen molar-refractivity contribution >= 4 is 51.9 Å². The van der Waals surface area contributed by atoms with Gasteiger partial charge in [-0.2, -0.15) is 4.98 Å². The summed E-state index contributed by atoms with van der Waals surface area (Å²) in [5, 5.41) is 19.7. The van der Waals surface area contributed by atoms with E-state index in [9.17, 15) is 10.0 Å². The third kappa shape index (κ3) is 6.47. The van der Waals surface area contributed by atoms with E-state index < -0.39 is 29.6 Å². The fourth-order valence-electron chi connectivity index (χ4n) is 4.26. The first-order valence-electron chi connectivity index (χ1n) is 13.2. The maximum atomic E-state index is 9.73. The van der Waals surface area contributed by atoms with Crippen LogP contribution in [0.5, 0.6) is 6.01 Å². The predicted molar refractivity (Wildman–Crippen MR) is 152 cm³/mol. The number of fused-ring (bicyclic) bond motifs is 2. The molecule has 0 saturated carbocycles. The van der Waals surface area contributed by atoms with E-state index in [0.717, 1.165) is 6.04 Å². The molecule has 0 aliphatic carbocycles. The van der Waals surface area contributed by atoms with Crippen LogP contribution in [0.15, 0.2) is 6.07 Å². The number of rotatable bonds is 10. The van der Waals surface area contributed by atoms with Gasteiger partial charge in [0.25, 0.3) is 0 Å². The largest absolute Gasteiger partial charge is 0.509 e. The van der Waals surface area contributed by atoms with Gasteiger partial charge in [-0.1, -0.05) is 52.0 Å². The van der Waals surface area contributed by atoms with E-state index in [2.05, 4.69) is 63.5 Å². The Labute approximate surface area is 232 Å². The molecule has 2 saturated heterocycles. The molecule has 2 aliphatic rings. The zero-order valence-electron chi connectivity index (χ0n) is 23.7. The molecule has 4 atom stereocenters. The zero-order valence-corrected chi connectivity index (χ0v) is 26.4. The van der Waals surface area contributed by atoms with E-state index in [0.29, 0.717) is 31.0 Å². The van der Waals surface area contributed by atoms with Crippen LogP contribution in [-0.4, -0.2) is 92.3 Å². The number of ether oxygens (including phenoxy) is 4. The van der Waals surface area contributed by atoms with Gasteiger partial charge in [0.1, 0.15) is 24.5 Å². The average Bonchev–Trinajstić information content (AvgIpc) is 3.44. The first-order chi connectivity index (χ1) is 17.6. The van der Waals surface area contributed by atoms with Crippen LogP contribution in [0.25, 0.3) is 11.2 Å². The fourth-order valence-corrected chi connectivity index (χ4v) is 6.57. The van der Waals surface area contributed by atoms with E-state index in [1.165, 1.54) is 0 Å². The monoisotopic (exact) mass is 585 g/mol. The van der Waals surface area contributed by atoms with Crippen LogP contribution in [-0.2, 0) is 25.4 Å². The summed E-state index contributed by atoms with van der Waals surface area (Å²) in [4.78, 5) is 8.99. The Bertz CT molecular complexity index is 1140. The molecule has 2 aliphatic heterocycles. The molecule has 0 bridgehead atoms. The Kier molecular flexibility index (Phi) is 8.74. The van der Waals surface area contributed by atoms with Crippen LogP contribution in [0.1, 0.15) is 20.8 Å². The molecule has 2 aromatic rings. The highest BCUT2D eigenvalue weighted by Gasteiger charge is 2.52. The molecule has 212 valence electrons. The molecule has 0 radical (unpaired) electrons. The number of hydrogen-bond acceptors (Lipinski definition) is 9. The molecule has 0 spiro atoms. The maximum Gasteiger partial charge on any atom is 0.509 e. The lowest BCUT2D eigenvalue weighted by atomic mass is 9.85. The Hall–Kier alpha value is -1.03. The number of pyridine rings is 1. The predicted octanol–water partition coefficient (Wildman–Crippen LogP) is 3.01. The molecular formula is C24H41BClN3O7Si2. The van der Waals surface area contributed by atoms with E-state index >= 15 is 0 Å². The van der Waals surface area contributed by atoms with Gasteiger partial charge in [0.05, 0.1) is 29.9 Å². The minimum absolute atomic E-state index is 0.0528. The number of nitrogens with zero attached hydrogens (tertiary/aromatic N) is 3. The summed E-state index contributed by atoms with van der Waals surface area (Å²) in [6.45, 7) is 19.5. The molecule has 0 unspecified atom stereocenters. The highest BCUT2D eigenvalue weighted by molar-refractivity contribution is 6.76. The van der Waals surface area contributed by atoms with Gasteiger partial charge in [-0.05, 0) is 30.2 Å². The molecule has 2 aromatic heterocycles. The molecule has 14 heteroatoms. The molecule has 2 fully saturated rings. The fraction of sp³-hybridized carbons (Fsp3) is 0.750. The van der Waals surface area contributed by atoms with E-state index in [1.807, 2.05) is 0 Å². The van der Waals surface area contributed by atoms with Crippen molar-refractivity contribution in [2.75, 3.05) is 19.8 Å². The molecule has 10 nitrogen and oxygen atoms in total. The molecule has 0 aromatic carbocycles. The number of aromatic nitrogens is 3. The van der Waals surface area contributed by atoms with Crippen LogP contribution in [0.2, 0.25) is 48.8 Å². The maximum absolute atomic E-state index is 9.73. The summed E-state index contributed by atoms with van der Waals surface area (Å²) in [7, 11) is -5.10. The summed E-state index contributed by atoms with van der Waals surface area (Å²) in [6, 6.07) is 2.83. The van der Waals surface area contributed by atoms with Gasteiger partial charge in [0, 0.05) is 14.7 Å². The summed E-state index contributed by atoms with van der Waals surface area (Å²) >= 11 is 6.23. The second-order valence-electron chi connectivity index (χ2n) is 12.9. The van der Waals surface area contributed by atoms with Gasteiger partial charge in [-0.25, -0.2) is 4.98 Å². The van der Waals surface area contributed by atoms with Crippen LogP contribution in [0, 0.1) is 0 Å². The second kappa shape index (κ2) is 11.1. The minimum atomic E-state index is -2.00. The second-order valence-corrected chi connectivity index (χ2v) is 23.7. The first-order valence-corrected chi connectivity index (χ1v) is 20.1. The highest BCUT2D eigenvalue weighted by Crippen LogP contribution is 2.40. The van der Waals surface area contributed by atoms with Gasteiger partial charge in [0.15, 0.2) is 20.1 Å². The molecule has 4 heterocycles. The van der Waals surface area contributed by atoms with Crippen molar-refractivity contribution in [2.45, 2.75) is 95.7 Å². The van der Waals surface area contributed by atoms with Crippen molar-refractivity contribution in [2.24, 2.45) is 0 Å². The summed E-state index contributed by atoms with van der Waals surface area (Å²) in [5.74, 6) is 0. The minimum Gasteiger partial charge on any atom is -0.456 e. The highest BCUT2D eigenvalue weighted by atomic mass is 35.5. The van der Waals surface area contributed by atoms with Gasteiger partial charge in [-0.3, -0.25) is 4.57 Å². The van der Waals surface area contributed by atoms with Gasteiger partial charge >= 0.3 is 13.1 Å². The lowest BCUT2D eigenvalue weighted by Gasteiger charge is -2.39. The smallest absolute Gasteiger partial charge is 0.456 e. The number of imidazole rings is 1. The lowest BCUT2D eigenvalue weighted by molar-refractivity contribution is 0.00687. The van der Waals surface area contributed by atoms with E-state index in [4.69, 9.17) is 35.0 Å². The molecule has 38 heavy (non-hydrogen) atoms. The normalized spacial score (nSPS) is 24.3. The average molecular weight is 586 g/mol. The topological polar surface area (TPSA) is 117 Å². The van der Waals surface area contributed by atoms with Gasteiger partial charge < -0.3 is 33.4 Å². The zero-order chi connectivity index (χ0) is 28.0. The summed E-state index contributed by atoms with van der Waals surface area (Å²) in [5.41, 5.74) is 0.801.